The van der Waals surface area contributed by atoms with Crippen molar-refractivity contribution < 1.29 is 0 Å². The summed E-state index contributed by atoms with van der Waals surface area (Å²) in [7, 11) is 0. The van der Waals surface area contributed by atoms with Crippen LogP contribution in [0, 0.1) is 0 Å². The van der Waals surface area contributed by atoms with Gasteiger partial charge in [0.15, 0.2) is 0 Å². The van der Waals surface area contributed by atoms with Crippen molar-refractivity contribution in [3.63, 3.8) is 0 Å². The van der Waals surface area contributed by atoms with Gasteiger partial charge < -0.3 is 9.47 Å². The summed E-state index contributed by atoms with van der Waals surface area (Å²) in [5, 5.41) is 5.22. The topological polar surface area (TPSA) is 8.17 Å². The lowest BCUT2D eigenvalue weighted by atomic mass is 9.35. The monoisotopic (exact) mass is 1050 g/mol. The van der Waals surface area contributed by atoms with E-state index in [0.29, 0.717) is 0 Å². The Balaban J connectivity index is 1.11. The molecule has 0 atom stereocenters. The highest BCUT2D eigenvalue weighted by molar-refractivity contribution is 6.91. The molecule has 2 aliphatic heterocycles. The van der Waals surface area contributed by atoms with Crippen molar-refractivity contribution in [1.29, 1.82) is 0 Å². The molecule has 0 spiro atoms. The maximum atomic E-state index is 2.76. The zero-order valence-corrected chi connectivity index (χ0v) is 48.4. The lowest BCUT2D eigenvalue weighted by Gasteiger charge is -2.43. The molecule has 0 unspecified atom stereocenters. The Kier molecular flexibility index (Phi) is 11.2. The van der Waals surface area contributed by atoms with Crippen molar-refractivity contribution >= 4 is 78.9 Å². The van der Waals surface area contributed by atoms with E-state index in [1.54, 1.807) is 0 Å². The normalized spacial score (nSPS) is 17.4. The lowest BCUT2D eigenvalue weighted by molar-refractivity contribution is 0.332. The van der Waals surface area contributed by atoms with Gasteiger partial charge in [0.1, 0.15) is 0 Å². The Morgan fingerprint density at radius 1 is 0.457 bits per heavy atom. The molecule has 1 aromatic heterocycles. The van der Waals surface area contributed by atoms with Crippen LogP contribution in [0.25, 0.3) is 61.0 Å². The van der Waals surface area contributed by atoms with Crippen molar-refractivity contribution in [3.8, 4) is 16.8 Å². The van der Waals surface area contributed by atoms with Gasteiger partial charge in [-0.3, -0.25) is 0 Å². The number of allylic oxidation sites excluding steroid dienone is 1. The van der Waals surface area contributed by atoms with E-state index in [9.17, 15) is 0 Å². The van der Waals surface area contributed by atoms with Gasteiger partial charge >= 0.3 is 0 Å². The molecule has 81 heavy (non-hydrogen) atoms. The molecule has 3 heteroatoms. The van der Waals surface area contributed by atoms with Gasteiger partial charge in [-0.05, 0) is 203 Å². The maximum Gasteiger partial charge on any atom is 0.220 e. The van der Waals surface area contributed by atoms with Crippen molar-refractivity contribution in [2.45, 2.75) is 115 Å². The highest BCUT2D eigenvalue weighted by atomic mass is 15.1. The number of hydrogen-bond acceptors (Lipinski definition) is 1. The molecule has 4 aliphatic rings. The summed E-state index contributed by atoms with van der Waals surface area (Å²) >= 11 is 0. The third-order valence-corrected chi connectivity index (χ3v) is 20.1. The van der Waals surface area contributed by atoms with Crippen LogP contribution in [0.15, 0.2) is 212 Å². The molecule has 2 aliphatic carbocycles. The summed E-state index contributed by atoms with van der Waals surface area (Å²) in [4.78, 5) is 2.45. The van der Waals surface area contributed by atoms with Gasteiger partial charge in [-0.1, -0.05) is 213 Å². The molecule has 0 radical (unpaired) electrons. The van der Waals surface area contributed by atoms with E-state index >= 15 is 0 Å². The average Bonchev–Trinajstić information content (AvgIpc) is 3.55. The average molecular weight is 1050 g/mol. The van der Waals surface area contributed by atoms with Crippen LogP contribution >= 0.6 is 0 Å². The van der Waals surface area contributed by atoms with Crippen molar-refractivity contribution in [3.05, 3.63) is 262 Å². The molecule has 396 valence electrons. The Morgan fingerprint density at radius 3 is 1.59 bits per heavy atom. The Morgan fingerprint density at radius 2 is 0.988 bits per heavy atom. The fourth-order valence-electron chi connectivity index (χ4n) is 15.4. The SMILES string of the molecule is CC1(C)CCC(C)(C)c2cc(/C=C3/CB4c5cc6c(cc5-n5c7cc8ccccc8cc7c7c(C(c8ccccc8)c8ccccc8)cc(c4c75)-c4ccc(N(c5ccccc5)c5ccccc5)cc43)C(C)(C)CCC6(C)C)ccc21. The second kappa shape index (κ2) is 18.2. The summed E-state index contributed by atoms with van der Waals surface area (Å²) in [5.41, 5.74) is 27.0. The van der Waals surface area contributed by atoms with E-state index < -0.39 is 0 Å². The Labute approximate surface area is 479 Å². The quantitative estimate of drug-likeness (QED) is 0.114. The first-order chi connectivity index (χ1) is 39.1. The zero-order chi connectivity index (χ0) is 55.2. The second-order valence-corrected chi connectivity index (χ2v) is 26.9. The van der Waals surface area contributed by atoms with E-state index in [-0.39, 0.29) is 34.3 Å². The van der Waals surface area contributed by atoms with E-state index in [1.165, 1.54) is 129 Å². The van der Waals surface area contributed by atoms with Gasteiger partial charge in [0.05, 0.1) is 5.52 Å². The van der Waals surface area contributed by atoms with Crippen LogP contribution in [0.2, 0.25) is 6.32 Å². The minimum atomic E-state index is -0.0397. The van der Waals surface area contributed by atoms with Crippen molar-refractivity contribution in [1.82, 2.24) is 4.57 Å². The van der Waals surface area contributed by atoms with Gasteiger partial charge in [0.25, 0.3) is 0 Å². The number of para-hydroxylation sites is 2. The molecule has 10 aromatic carbocycles. The van der Waals surface area contributed by atoms with Crippen LogP contribution < -0.4 is 15.8 Å². The van der Waals surface area contributed by atoms with Crippen LogP contribution in [-0.2, 0) is 21.7 Å². The first kappa shape index (κ1) is 49.9. The first-order valence-electron chi connectivity index (χ1n) is 29.9. The van der Waals surface area contributed by atoms with Crippen molar-refractivity contribution in [2.75, 3.05) is 4.90 Å². The molecule has 0 saturated carbocycles. The minimum Gasteiger partial charge on any atom is -0.310 e. The molecule has 0 fully saturated rings. The summed E-state index contributed by atoms with van der Waals surface area (Å²) < 4.78 is 2.76. The molecular formula is C78H71BN2. The van der Waals surface area contributed by atoms with Crippen LogP contribution in [0.4, 0.5) is 17.1 Å². The highest BCUT2D eigenvalue weighted by Crippen LogP contribution is 2.53. The standard InChI is InChI=1S/C78H71BN2/c1-75(2)37-38-76(3,4)65-42-50(33-36-64(65)75)41-55-49-79-68-47-66-67(78(7,8)40-39-77(66,5)6)48-70(68)81-69-44-54-28-22-21-27-53(54)43-62(69)72-63(71(51-23-13-9-14-24-51)52-25-15-10-16-26-52)46-61(73(79)74(72)81)59-35-34-58(45-60(55)59)80(56-29-17-11-18-30-56)57-31-19-12-20-32-57/h9-36,41-48,71H,37-40,49H2,1-8H3/b55-41-. The minimum absolute atomic E-state index is 0.0208. The van der Waals surface area contributed by atoms with Gasteiger partial charge in [-0.25, -0.2) is 0 Å². The molecule has 0 bridgehead atoms. The largest absolute Gasteiger partial charge is 0.310 e. The van der Waals surface area contributed by atoms with E-state index in [0.717, 1.165) is 36.2 Å². The predicted octanol–water partition coefficient (Wildman–Crippen LogP) is 19.4. The van der Waals surface area contributed by atoms with E-state index in [1.807, 2.05) is 0 Å². The number of aromatic nitrogens is 1. The van der Waals surface area contributed by atoms with Crippen LogP contribution in [0.5, 0.6) is 0 Å². The summed E-state index contributed by atoms with van der Waals surface area (Å²) in [6.45, 7) is 19.9. The molecule has 0 amide bonds. The van der Waals surface area contributed by atoms with Crippen LogP contribution in [0.1, 0.15) is 137 Å². The van der Waals surface area contributed by atoms with Crippen molar-refractivity contribution in [2.24, 2.45) is 0 Å². The zero-order valence-electron chi connectivity index (χ0n) is 48.4. The van der Waals surface area contributed by atoms with E-state index in [4.69, 9.17) is 0 Å². The molecule has 11 aromatic rings. The lowest BCUT2D eigenvalue weighted by Crippen LogP contribution is -2.49. The fraction of sp³-hybridized carbons (Fsp3) is 0.231. The second-order valence-electron chi connectivity index (χ2n) is 26.9. The number of benzene rings is 10. The number of rotatable bonds is 7. The fourth-order valence-corrected chi connectivity index (χ4v) is 15.4. The molecule has 0 N–H and O–H groups in total. The Hall–Kier alpha value is -8.14. The molecule has 0 saturated heterocycles. The predicted molar refractivity (Wildman–Crippen MR) is 347 cm³/mol. The number of fused-ring (bicyclic) bond motifs is 11. The summed E-state index contributed by atoms with van der Waals surface area (Å²) in [6, 6.07) is 81.7. The first-order valence-corrected chi connectivity index (χ1v) is 29.9. The van der Waals surface area contributed by atoms with Crippen LogP contribution in [-0.4, -0.2) is 11.3 Å². The smallest absolute Gasteiger partial charge is 0.220 e. The van der Waals surface area contributed by atoms with Crippen LogP contribution in [0.3, 0.4) is 0 Å². The molecular weight excluding hydrogens is 976 g/mol. The van der Waals surface area contributed by atoms with E-state index in [2.05, 4.69) is 283 Å². The molecule has 15 rings (SSSR count). The molecule has 3 heterocycles. The molecule has 2 nitrogen and oxygen atoms in total. The maximum absolute atomic E-state index is 2.76. The third-order valence-electron chi connectivity index (χ3n) is 20.1. The number of hydrogen-bond donors (Lipinski definition) is 0. The number of nitrogens with zero attached hydrogens (tertiary/aromatic N) is 2. The third kappa shape index (κ3) is 7.89. The highest BCUT2D eigenvalue weighted by Gasteiger charge is 2.45. The van der Waals surface area contributed by atoms with Gasteiger partial charge in [-0.15, -0.1) is 0 Å². The number of anilines is 3. The summed E-state index contributed by atoms with van der Waals surface area (Å²) in [6.07, 6.45) is 8.14. The van der Waals surface area contributed by atoms with Gasteiger partial charge in [0, 0.05) is 45.0 Å². The Bertz CT molecular complexity index is 4290. The van der Waals surface area contributed by atoms with Gasteiger partial charge in [-0.2, -0.15) is 0 Å². The van der Waals surface area contributed by atoms with Gasteiger partial charge in [0.2, 0.25) is 6.71 Å². The summed E-state index contributed by atoms with van der Waals surface area (Å²) in [5.74, 6) is -0.0397.